The van der Waals surface area contributed by atoms with Gasteiger partial charge < -0.3 is 21.4 Å². The van der Waals surface area contributed by atoms with E-state index in [9.17, 15) is 10.1 Å². The number of fused-ring (bicyclic) bond motifs is 1. The minimum Gasteiger partial charge on any atom is -0.382 e. The van der Waals surface area contributed by atoms with Crippen LogP contribution in [0.2, 0.25) is 5.02 Å². The second kappa shape index (κ2) is 7.62. The smallest absolute Gasteiger partial charge is 0.281 e. The van der Waals surface area contributed by atoms with Crippen molar-refractivity contribution in [3.8, 4) is 6.07 Å². The van der Waals surface area contributed by atoms with E-state index in [4.69, 9.17) is 22.3 Å². The van der Waals surface area contributed by atoms with Crippen LogP contribution >= 0.6 is 11.6 Å². The van der Waals surface area contributed by atoms with Gasteiger partial charge in [0.15, 0.2) is 5.82 Å². The number of nitrogen functional groups attached to an aromatic ring is 1. The van der Waals surface area contributed by atoms with Crippen molar-refractivity contribution in [2.24, 2.45) is 0 Å². The van der Waals surface area contributed by atoms with E-state index in [0.717, 1.165) is 19.4 Å². The lowest BCUT2D eigenvalue weighted by atomic mass is 10.2. The summed E-state index contributed by atoms with van der Waals surface area (Å²) in [5, 5.41) is 19.0. The van der Waals surface area contributed by atoms with Gasteiger partial charge in [0.25, 0.3) is 5.56 Å². The van der Waals surface area contributed by atoms with Crippen molar-refractivity contribution < 1.29 is 0 Å². The first-order chi connectivity index (χ1) is 15.4. The molecule has 164 valence electrons. The Kier molecular flexibility index (Phi) is 4.87. The van der Waals surface area contributed by atoms with E-state index in [1.165, 1.54) is 6.33 Å². The van der Waals surface area contributed by atoms with Gasteiger partial charge >= 0.3 is 0 Å². The monoisotopic (exact) mass is 451 g/mol. The number of nitrogens with one attached hydrogen (secondary N) is 2. The van der Waals surface area contributed by atoms with Gasteiger partial charge in [0, 0.05) is 18.6 Å². The number of benzene rings is 1. The molecule has 32 heavy (non-hydrogen) atoms. The molecule has 5 rings (SSSR count). The zero-order chi connectivity index (χ0) is 22.5. The molecule has 1 atom stereocenters. The molecular weight excluding hydrogens is 430 g/mol. The molecule has 1 aliphatic carbocycles. The van der Waals surface area contributed by atoms with E-state index in [2.05, 4.69) is 20.6 Å². The fourth-order valence-electron chi connectivity index (χ4n) is 4.23. The van der Waals surface area contributed by atoms with Crippen molar-refractivity contribution in [1.29, 1.82) is 5.26 Å². The Morgan fingerprint density at radius 2 is 2.19 bits per heavy atom. The molecule has 0 amide bonds. The molecule has 3 aromatic rings. The number of nitriles is 1. The van der Waals surface area contributed by atoms with Crippen LogP contribution in [0.25, 0.3) is 10.9 Å². The number of nitrogens with zero attached hydrogens (tertiary/aromatic N) is 6. The van der Waals surface area contributed by atoms with Crippen molar-refractivity contribution in [3.63, 3.8) is 0 Å². The van der Waals surface area contributed by atoms with Crippen LogP contribution in [0.15, 0.2) is 29.3 Å². The number of rotatable bonds is 4. The standard InChI is InChI=1S/C21H22ClN9O/c1-12(28-18-13(9-23)17(24)25-11-26-18)19-29-15-4-2-3-14(22)16(15)20(32)31(19)30-8-7-27-21(10-30)5-6-21/h2-4,11-12,27H,5-8,10H2,1H3,(H3,24,25,26,28). The maximum atomic E-state index is 13.7. The summed E-state index contributed by atoms with van der Waals surface area (Å²) >= 11 is 6.39. The third-order valence-electron chi connectivity index (χ3n) is 6.07. The molecular formula is C21H22ClN9O. The molecule has 0 radical (unpaired) electrons. The van der Waals surface area contributed by atoms with Crippen LogP contribution in [0, 0.1) is 11.3 Å². The van der Waals surface area contributed by atoms with Crippen molar-refractivity contribution in [1.82, 2.24) is 24.9 Å². The summed E-state index contributed by atoms with van der Waals surface area (Å²) in [5.74, 6) is 0.882. The Labute approximate surface area is 189 Å². The van der Waals surface area contributed by atoms with Crippen LogP contribution in [-0.4, -0.2) is 44.8 Å². The largest absolute Gasteiger partial charge is 0.382 e. The lowest BCUT2D eigenvalue weighted by Crippen LogP contribution is -2.59. The summed E-state index contributed by atoms with van der Waals surface area (Å²) in [6.45, 7) is 4.00. The number of anilines is 2. The molecule has 2 aliphatic rings. The summed E-state index contributed by atoms with van der Waals surface area (Å²) in [4.78, 5) is 26.5. The maximum absolute atomic E-state index is 13.7. The third-order valence-corrected chi connectivity index (χ3v) is 6.39. The molecule has 1 unspecified atom stereocenters. The summed E-state index contributed by atoms with van der Waals surface area (Å²) in [7, 11) is 0. The van der Waals surface area contributed by atoms with Gasteiger partial charge in [0.2, 0.25) is 0 Å². The summed E-state index contributed by atoms with van der Waals surface area (Å²) in [6, 6.07) is 6.80. The Morgan fingerprint density at radius 3 is 2.94 bits per heavy atom. The van der Waals surface area contributed by atoms with E-state index < -0.39 is 6.04 Å². The summed E-state index contributed by atoms with van der Waals surface area (Å²) in [5.41, 5.74) is 6.33. The average molecular weight is 452 g/mol. The molecule has 2 aromatic heterocycles. The zero-order valence-electron chi connectivity index (χ0n) is 17.5. The lowest BCUT2D eigenvalue weighted by Gasteiger charge is -2.38. The quantitative estimate of drug-likeness (QED) is 0.539. The predicted molar refractivity (Wildman–Crippen MR) is 122 cm³/mol. The van der Waals surface area contributed by atoms with Gasteiger partial charge in [-0.1, -0.05) is 17.7 Å². The van der Waals surface area contributed by atoms with Crippen LogP contribution in [0.1, 0.15) is 37.2 Å². The number of aromatic nitrogens is 4. The van der Waals surface area contributed by atoms with Gasteiger partial charge in [-0.25, -0.2) is 19.6 Å². The minimum atomic E-state index is -0.461. The van der Waals surface area contributed by atoms with Crippen LogP contribution in [0.4, 0.5) is 11.6 Å². The molecule has 1 aromatic carbocycles. The first-order valence-electron chi connectivity index (χ1n) is 10.4. The third kappa shape index (κ3) is 3.39. The fraction of sp³-hybridized carbons (Fsp3) is 0.381. The zero-order valence-corrected chi connectivity index (χ0v) is 18.2. The molecule has 2 fully saturated rings. The van der Waals surface area contributed by atoms with Crippen LogP contribution in [-0.2, 0) is 0 Å². The first kappa shape index (κ1) is 20.5. The topological polar surface area (TPSA) is 138 Å². The molecule has 1 saturated carbocycles. The van der Waals surface area contributed by atoms with Gasteiger partial charge in [-0.15, -0.1) is 0 Å². The van der Waals surface area contributed by atoms with Gasteiger partial charge in [0.05, 0.1) is 28.5 Å². The summed E-state index contributed by atoms with van der Waals surface area (Å²) < 4.78 is 1.63. The van der Waals surface area contributed by atoms with Crippen molar-refractivity contribution in [3.05, 3.63) is 51.3 Å². The molecule has 1 aliphatic heterocycles. The second-order valence-corrected chi connectivity index (χ2v) is 8.68. The number of nitrogens with two attached hydrogens (primary N) is 1. The second-order valence-electron chi connectivity index (χ2n) is 8.28. The van der Waals surface area contributed by atoms with Crippen molar-refractivity contribution in [2.75, 3.05) is 35.7 Å². The van der Waals surface area contributed by atoms with E-state index in [-0.39, 0.29) is 22.5 Å². The van der Waals surface area contributed by atoms with E-state index in [1.807, 2.05) is 18.0 Å². The number of halogens is 1. The molecule has 1 saturated heterocycles. The van der Waals surface area contributed by atoms with Crippen LogP contribution in [0.3, 0.4) is 0 Å². The maximum Gasteiger partial charge on any atom is 0.281 e. The minimum absolute atomic E-state index is 0.0517. The van der Waals surface area contributed by atoms with Gasteiger partial charge in [-0.2, -0.15) is 5.26 Å². The SMILES string of the molecule is CC(Nc1ncnc(N)c1C#N)c1nc2cccc(Cl)c2c(=O)n1N1CCNC2(CC2)C1. The number of hydrogen-bond donors (Lipinski definition) is 3. The Balaban J connectivity index is 1.64. The first-order valence-corrected chi connectivity index (χ1v) is 10.8. The van der Waals surface area contributed by atoms with E-state index in [1.54, 1.807) is 22.9 Å². The molecule has 11 heteroatoms. The Hall–Kier alpha value is -3.42. The normalized spacial score (nSPS) is 17.8. The number of hydrogen-bond acceptors (Lipinski definition) is 9. The highest BCUT2D eigenvalue weighted by Crippen LogP contribution is 2.37. The van der Waals surface area contributed by atoms with E-state index >= 15 is 0 Å². The predicted octanol–water partition coefficient (Wildman–Crippen LogP) is 1.54. The molecule has 0 bridgehead atoms. The highest BCUT2D eigenvalue weighted by molar-refractivity contribution is 6.35. The average Bonchev–Trinajstić information content (AvgIpc) is 3.51. The van der Waals surface area contributed by atoms with Crippen LogP contribution < -0.4 is 26.9 Å². The molecule has 10 nitrogen and oxygen atoms in total. The van der Waals surface area contributed by atoms with Crippen LogP contribution in [0.5, 0.6) is 0 Å². The molecule has 1 spiro atoms. The van der Waals surface area contributed by atoms with Crippen molar-refractivity contribution >= 4 is 34.1 Å². The highest BCUT2D eigenvalue weighted by atomic mass is 35.5. The summed E-state index contributed by atoms with van der Waals surface area (Å²) in [6.07, 6.45) is 3.45. The van der Waals surface area contributed by atoms with Gasteiger partial charge in [0.1, 0.15) is 29.6 Å². The fourth-order valence-corrected chi connectivity index (χ4v) is 4.48. The Morgan fingerprint density at radius 1 is 1.38 bits per heavy atom. The molecule has 3 heterocycles. The van der Waals surface area contributed by atoms with E-state index in [0.29, 0.717) is 40.7 Å². The van der Waals surface area contributed by atoms with Gasteiger partial charge in [-0.3, -0.25) is 4.79 Å². The van der Waals surface area contributed by atoms with Gasteiger partial charge in [-0.05, 0) is 31.9 Å². The van der Waals surface area contributed by atoms with Crippen molar-refractivity contribution in [2.45, 2.75) is 31.3 Å². The molecule has 4 N–H and O–H groups in total. The highest BCUT2D eigenvalue weighted by Gasteiger charge is 2.46. The lowest BCUT2D eigenvalue weighted by molar-refractivity contribution is 0.373. The Bertz CT molecular complexity index is 1310. The number of piperazine rings is 1.